The number of benzene rings is 1. The quantitative estimate of drug-likeness (QED) is 0.392. The molecule has 106 valence electrons. The highest BCUT2D eigenvalue weighted by atomic mass is 31.0. The van der Waals surface area contributed by atoms with E-state index in [1.165, 1.54) is 0 Å². The summed E-state index contributed by atoms with van der Waals surface area (Å²) < 4.78 is 40.7. The second kappa shape index (κ2) is 6.38. The summed E-state index contributed by atoms with van der Waals surface area (Å²) in [5, 5.41) is -0.315. The van der Waals surface area contributed by atoms with Crippen molar-refractivity contribution in [3.8, 4) is 0 Å². The maximum absolute atomic E-state index is 13.7. The average Bonchev–Trinajstić information content (AvgIpc) is 2.34. The Kier molecular flexibility index (Phi) is 5.36. The molecule has 0 saturated carbocycles. The van der Waals surface area contributed by atoms with Gasteiger partial charge in [-0.05, 0) is 5.92 Å². The summed E-state index contributed by atoms with van der Waals surface area (Å²) in [6, 6.07) is 0. The van der Waals surface area contributed by atoms with Crippen molar-refractivity contribution in [1.29, 1.82) is 0 Å². The first kappa shape index (κ1) is 16.0. The standard InChI is InChI=1S/C13H17F3NOP/c1-3-4-6(2)5-7(18)8-9(14)10(15)12(17)11(16)13(8)19/h6H,3-5,17,19H2,1-2H3. The molecule has 19 heavy (non-hydrogen) atoms. The lowest BCUT2D eigenvalue weighted by atomic mass is 9.95. The molecule has 0 aliphatic heterocycles. The zero-order valence-electron chi connectivity index (χ0n) is 10.9. The van der Waals surface area contributed by atoms with Crippen LogP contribution in [0.1, 0.15) is 43.5 Å². The minimum Gasteiger partial charge on any atom is -0.394 e. The number of anilines is 1. The third-order valence-electron chi connectivity index (χ3n) is 2.99. The number of nitrogens with two attached hydrogens (primary N) is 1. The SMILES string of the molecule is CCCC(C)CC(=O)c1c(F)c(F)c(N)c(F)c1P. The molecular weight excluding hydrogens is 274 g/mol. The van der Waals surface area contributed by atoms with Crippen LogP contribution in [0.4, 0.5) is 18.9 Å². The largest absolute Gasteiger partial charge is 0.394 e. The lowest BCUT2D eigenvalue weighted by molar-refractivity contribution is 0.0958. The summed E-state index contributed by atoms with van der Waals surface area (Å²) in [6.07, 6.45) is 1.73. The van der Waals surface area contributed by atoms with E-state index in [9.17, 15) is 18.0 Å². The van der Waals surface area contributed by atoms with Crippen molar-refractivity contribution in [3.05, 3.63) is 23.0 Å². The van der Waals surface area contributed by atoms with Gasteiger partial charge in [0.2, 0.25) is 0 Å². The third kappa shape index (κ3) is 3.27. The Morgan fingerprint density at radius 1 is 1.26 bits per heavy atom. The van der Waals surface area contributed by atoms with Crippen LogP contribution in [0.5, 0.6) is 0 Å². The van der Waals surface area contributed by atoms with Crippen LogP contribution in [0.25, 0.3) is 0 Å². The van der Waals surface area contributed by atoms with Gasteiger partial charge in [-0.2, -0.15) is 0 Å². The van der Waals surface area contributed by atoms with Crippen LogP contribution in [0.3, 0.4) is 0 Å². The van der Waals surface area contributed by atoms with Crippen LogP contribution in [-0.4, -0.2) is 5.78 Å². The van der Waals surface area contributed by atoms with Crippen LogP contribution in [0, 0.1) is 23.4 Å². The predicted molar refractivity (Wildman–Crippen MR) is 73.1 cm³/mol. The molecule has 0 fully saturated rings. The fourth-order valence-corrected chi connectivity index (χ4v) is 2.43. The van der Waals surface area contributed by atoms with Gasteiger partial charge in [0.05, 0.1) is 5.56 Å². The minimum absolute atomic E-state index is 0.0324. The second-order valence-corrected chi connectivity index (χ2v) is 5.24. The number of halogens is 3. The topological polar surface area (TPSA) is 43.1 Å². The molecule has 1 aromatic rings. The van der Waals surface area contributed by atoms with Crippen LogP contribution in [-0.2, 0) is 0 Å². The molecule has 0 amide bonds. The number of hydrogen-bond donors (Lipinski definition) is 1. The van der Waals surface area contributed by atoms with Crippen LogP contribution in [0.15, 0.2) is 0 Å². The molecule has 2 atom stereocenters. The van der Waals surface area contributed by atoms with Crippen LogP contribution in [0.2, 0.25) is 0 Å². The van der Waals surface area contributed by atoms with Gasteiger partial charge in [-0.3, -0.25) is 4.79 Å². The van der Waals surface area contributed by atoms with Gasteiger partial charge < -0.3 is 5.73 Å². The number of ketones is 1. The second-order valence-electron chi connectivity index (χ2n) is 4.67. The third-order valence-corrected chi connectivity index (χ3v) is 3.53. The van der Waals surface area contributed by atoms with Crippen molar-refractivity contribution < 1.29 is 18.0 Å². The molecule has 0 aliphatic rings. The Morgan fingerprint density at radius 3 is 2.37 bits per heavy atom. The fraction of sp³-hybridized carbons (Fsp3) is 0.462. The molecule has 6 heteroatoms. The highest BCUT2D eigenvalue weighted by molar-refractivity contribution is 7.27. The maximum Gasteiger partial charge on any atom is 0.185 e. The Morgan fingerprint density at radius 2 is 1.84 bits per heavy atom. The molecule has 0 radical (unpaired) electrons. The molecule has 0 aliphatic carbocycles. The van der Waals surface area contributed by atoms with Gasteiger partial charge in [0.15, 0.2) is 23.2 Å². The Balaban J connectivity index is 3.17. The number of nitrogen functional groups attached to an aromatic ring is 1. The summed E-state index contributed by atoms with van der Waals surface area (Å²) in [5.74, 6) is -4.56. The molecule has 2 N–H and O–H groups in total. The van der Waals surface area contributed by atoms with Crippen molar-refractivity contribution in [3.63, 3.8) is 0 Å². The van der Waals surface area contributed by atoms with E-state index < -0.39 is 34.5 Å². The van der Waals surface area contributed by atoms with Crippen molar-refractivity contribution in [2.75, 3.05) is 5.73 Å². The van der Waals surface area contributed by atoms with E-state index in [0.717, 1.165) is 12.8 Å². The lowest BCUT2D eigenvalue weighted by Crippen LogP contribution is -2.21. The van der Waals surface area contributed by atoms with Gasteiger partial charge in [-0.1, -0.05) is 26.7 Å². The fourth-order valence-electron chi connectivity index (χ4n) is 1.98. The molecule has 0 bridgehead atoms. The first-order valence-electron chi connectivity index (χ1n) is 6.05. The molecule has 0 saturated heterocycles. The number of carbonyl (C=O) groups excluding carboxylic acids is 1. The Labute approximate surface area is 112 Å². The Bertz CT molecular complexity index is 476. The van der Waals surface area contributed by atoms with E-state index in [4.69, 9.17) is 5.73 Å². The van der Waals surface area contributed by atoms with E-state index in [0.29, 0.717) is 0 Å². The van der Waals surface area contributed by atoms with Crippen LogP contribution < -0.4 is 11.0 Å². The molecule has 2 unspecified atom stereocenters. The van der Waals surface area contributed by atoms with Gasteiger partial charge in [0.1, 0.15) is 5.69 Å². The monoisotopic (exact) mass is 291 g/mol. The number of Topliss-reactive ketones (excluding diaryl/α,β-unsaturated/α-hetero) is 1. The maximum atomic E-state index is 13.7. The molecule has 1 rings (SSSR count). The highest BCUT2D eigenvalue weighted by Gasteiger charge is 2.26. The van der Waals surface area contributed by atoms with Gasteiger partial charge >= 0.3 is 0 Å². The molecule has 0 spiro atoms. The van der Waals surface area contributed by atoms with E-state index >= 15 is 0 Å². The summed E-state index contributed by atoms with van der Waals surface area (Å²) in [7, 11) is 1.91. The van der Waals surface area contributed by atoms with Gasteiger partial charge in [0, 0.05) is 11.7 Å². The van der Waals surface area contributed by atoms with Crippen molar-refractivity contribution in [2.24, 2.45) is 5.92 Å². The van der Waals surface area contributed by atoms with Crippen molar-refractivity contribution in [2.45, 2.75) is 33.1 Å². The first-order chi connectivity index (χ1) is 8.81. The lowest BCUT2D eigenvalue weighted by Gasteiger charge is -2.13. The zero-order chi connectivity index (χ0) is 14.7. The number of hydrogen-bond acceptors (Lipinski definition) is 2. The average molecular weight is 291 g/mol. The Hall–Kier alpha value is -1.09. The van der Waals surface area contributed by atoms with Crippen LogP contribution >= 0.6 is 9.24 Å². The highest BCUT2D eigenvalue weighted by Crippen LogP contribution is 2.24. The van der Waals surface area contributed by atoms with E-state index in [1.54, 1.807) is 0 Å². The summed E-state index contributed by atoms with van der Waals surface area (Å²) in [6.45, 7) is 3.80. The molecular formula is C13H17F3NOP. The normalized spacial score (nSPS) is 12.5. The summed E-state index contributed by atoms with van der Waals surface area (Å²) >= 11 is 0. The number of carbonyl (C=O) groups is 1. The first-order valence-corrected chi connectivity index (χ1v) is 6.63. The molecule has 2 nitrogen and oxygen atoms in total. The minimum atomic E-state index is -1.50. The molecule has 0 heterocycles. The molecule has 1 aromatic carbocycles. The van der Waals surface area contributed by atoms with E-state index in [2.05, 4.69) is 0 Å². The zero-order valence-corrected chi connectivity index (χ0v) is 12.1. The van der Waals surface area contributed by atoms with E-state index in [1.807, 2.05) is 23.1 Å². The van der Waals surface area contributed by atoms with E-state index in [-0.39, 0.29) is 17.6 Å². The van der Waals surface area contributed by atoms with Crippen molar-refractivity contribution >= 4 is 26.0 Å². The predicted octanol–water partition coefficient (Wildman–Crippen LogP) is 3.20. The summed E-state index contributed by atoms with van der Waals surface area (Å²) in [5.41, 5.74) is 3.63. The number of rotatable bonds is 5. The smallest absolute Gasteiger partial charge is 0.185 e. The van der Waals surface area contributed by atoms with Crippen molar-refractivity contribution in [1.82, 2.24) is 0 Å². The molecule has 0 aromatic heterocycles. The van der Waals surface area contributed by atoms with Gasteiger partial charge in [-0.15, -0.1) is 9.24 Å². The van der Waals surface area contributed by atoms with Gasteiger partial charge in [-0.25, -0.2) is 13.2 Å². The van der Waals surface area contributed by atoms with Gasteiger partial charge in [0.25, 0.3) is 0 Å². The summed E-state index contributed by atoms with van der Waals surface area (Å²) in [4.78, 5) is 12.0.